The van der Waals surface area contributed by atoms with Crippen LogP contribution in [0.15, 0.2) is 54.6 Å². The fourth-order valence-corrected chi connectivity index (χ4v) is 2.78. The van der Waals surface area contributed by atoms with E-state index in [1.807, 2.05) is 25.1 Å². The molecule has 28 heavy (non-hydrogen) atoms. The Labute approximate surface area is 162 Å². The van der Waals surface area contributed by atoms with Crippen molar-refractivity contribution in [3.05, 3.63) is 54.6 Å². The largest absolute Gasteiger partial charge is 0.482 e. The van der Waals surface area contributed by atoms with Gasteiger partial charge in [-0.2, -0.15) is 0 Å². The minimum atomic E-state index is -0.614. The molecular weight excluding hydrogens is 360 g/mol. The van der Waals surface area contributed by atoms with Crippen molar-refractivity contribution >= 4 is 29.1 Å². The second-order valence-corrected chi connectivity index (χ2v) is 6.24. The Morgan fingerprint density at radius 2 is 1.82 bits per heavy atom. The molecule has 1 heterocycles. The van der Waals surface area contributed by atoms with Crippen molar-refractivity contribution in [2.75, 3.05) is 23.4 Å². The van der Waals surface area contributed by atoms with Crippen LogP contribution in [0.4, 0.5) is 11.4 Å². The number of hydrogen-bond donors (Lipinski definition) is 3. The molecule has 8 nitrogen and oxygen atoms in total. The van der Waals surface area contributed by atoms with Gasteiger partial charge in [-0.1, -0.05) is 37.3 Å². The van der Waals surface area contributed by atoms with Gasteiger partial charge in [-0.3, -0.25) is 24.7 Å². The molecule has 0 saturated heterocycles. The molecule has 0 bridgehead atoms. The number of amides is 3. The molecule has 0 saturated carbocycles. The first-order valence-electron chi connectivity index (χ1n) is 9.01. The molecule has 0 aromatic heterocycles. The van der Waals surface area contributed by atoms with Gasteiger partial charge in [0, 0.05) is 5.69 Å². The highest BCUT2D eigenvalue weighted by molar-refractivity contribution is 6.02. The summed E-state index contributed by atoms with van der Waals surface area (Å²) in [4.78, 5) is 38.2. The number of nitrogens with one attached hydrogen (secondary N) is 3. The van der Waals surface area contributed by atoms with E-state index in [9.17, 15) is 14.4 Å². The van der Waals surface area contributed by atoms with E-state index < -0.39 is 11.9 Å². The van der Waals surface area contributed by atoms with Crippen LogP contribution in [0, 0.1) is 0 Å². The van der Waals surface area contributed by atoms with Gasteiger partial charge >= 0.3 is 0 Å². The molecule has 8 heteroatoms. The molecule has 3 N–H and O–H groups in total. The van der Waals surface area contributed by atoms with Gasteiger partial charge in [0.05, 0.1) is 5.69 Å². The lowest BCUT2D eigenvalue weighted by Gasteiger charge is -2.29. The quantitative estimate of drug-likeness (QED) is 0.630. The molecule has 3 amide bonds. The average molecular weight is 382 g/mol. The third-order valence-electron chi connectivity index (χ3n) is 4.26. The molecule has 1 unspecified atom stereocenters. The van der Waals surface area contributed by atoms with Crippen LogP contribution in [0.2, 0.25) is 0 Å². The number of hydrazine groups is 1. The maximum atomic E-state index is 12.4. The molecule has 3 rings (SSSR count). The summed E-state index contributed by atoms with van der Waals surface area (Å²) in [6.45, 7) is 1.54. The Morgan fingerprint density at radius 1 is 1.11 bits per heavy atom. The molecule has 1 aliphatic heterocycles. The number of ether oxygens (including phenoxy) is 1. The zero-order chi connectivity index (χ0) is 19.9. The maximum Gasteiger partial charge on any atom is 0.265 e. The first kappa shape index (κ1) is 19.4. The number of nitrogens with zero attached hydrogens (tertiary/aromatic N) is 1. The lowest BCUT2D eigenvalue weighted by molar-refractivity contribution is -0.126. The molecule has 1 atom stereocenters. The van der Waals surface area contributed by atoms with E-state index in [0.717, 1.165) is 0 Å². The predicted octanol–water partition coefficient (Wildman–Crippen LogP) is 1.45. The van der Waals surface area contributed by atoms with Crippen LogP contribution in [-0.2, 0) is 14.4 Å². The van der Waals surface area contributed by atoms with Crippen molar-refractivity contribution in [1.82, 2.24) is 10.9 Å². The fourth-order valence-electron chi connectivity index (χ4n) is 2.78. The standard InChI is InChI=1S/C20H22N4O4/c1-2-15(20(27)21-14-8-4-3-5-9-14)22-23-18(25)12-24-16-10-6-7-11-17(16)28-13-19(24)26/h3-11,15,22H,2,12-13H2,1H3,(H,21,27)(H,23,25). The summed E-state index contributed by atoms with van der Waals surface area (Å²) in [6, 6.07) is 15.5. The van der Waals surface area contributed by atoms with E-state index in [4.69, 9.17) is 4.74 Å². The van der Waals surface area contributed by atoms with E-state index >= 15 is 0 Å². The molecule has 0 radical (unpaired) electrons. The minimum absolute atomic E-state index is 0.116. The number of rotatable bonds is 7. The maximum absolute atomic E-state index is 12.4. The number of carbonyl (C=O) groups excluding carboxylic acids is 3. The van der Waals surface area contributed by atoms with E-state index in [0.29, 0.717) is 23.5 Å². The summed E-state index contributed by atoms with van der Waals surface area (Å²) in [6.07, 6.45) is 0.471. The summed E-state index contributed by atoms with van der Waals surface area (Å²) in [7, 11) is 0. The Hall–Kier alpha value is -3.39. The van der Waals surface area contributed by atoms with Gasteiger partial charge in [-0.15, -0.1) is 0 Å². The van der Waals surface area contributed by atoms with E-state index in [-0.39, 0.29) is 25.0 Å². The number of fused-ring (bicyclic) bond motifs is 1. The molecule has 146 valence electrons. The Morgan fingerprint density at radius 3 is 2.57 bits per heavy atom. The molecule has 2 aromatic carbocycles. The SMILES string of the molecule is CCC(NNC(=O)CN1C(=O)COc2ccccc21)C(=O)Nc1ccccc1. The topological polar surface area (TPSA) is 99.8 Å². The molecular formula is C20H22N4O4. The third kappa shape index (κ3) is 4.66. The van der Waals surface area contributed by atoms with Crippen molar-refractivity contribution in [2.45, 2.75) is 19.4 Å². The van der Waals surface area contributed by atoms with Crippen LogP contribution < -0.4 is 25.8 Å². The van der Waals surface area contributed by atoms with Crippen molar-refractivity contribution in [3.8, 4) is 5.75 Å². The van der Waals surface area contributed by atoms with Crippen LogP contribution in [0.25, 0.3) is 0 Å². The minimum Gasteiger partial charge on any atom is -0.482 e. The van der Waals surface area contributed by atoms with Crippen LogP contribution in [-0.4, -0.2) is 36.9 Å². The first-order chi connectivity index (χ1) is 13.6. The smallest absolute Gasteiger partial charge is 0.265 e. The van der Waals surface area contributed by atoms with Gasteiger partial charge in [0.2, 0.25) is 5.91 Å². The van der Waals surface area contributed by atoms with E-state index in [1.54, 1.807) is 36.4 Å². The van der Waals surface area contributed by atoms with E-state index in [2.05, 4.69) is 16.2 Å². The lowest BCUT2D eigenvalue weighted by Crippen LogP contribution is -2.53. The molecule has 0 spiro atoms. The Kier molecular flexibility index (Phi) is 6.23. The predicted molar refractivity (Wildman–Crippen MR) is 105 cm³/mol. The summed E-state index contributed by atoms with van der Waals surface area (Å²) in [5.41, 5.74) is 6.47. The van der Waals surface area contributed by atoms with Gasteiger partial charge in [0.1, 0.15) is 18.3 Å². The normalized spacial score (nSPS) is 13.9. The number of carbonyl (C=O) groups is 3. The van der Waals surface area contributed by atoms with Crippen LogP contribution >= 0.6 is 0 Å². The zero-order valence-corrected chi connectivity index (χ0v) is 15.5. The molecule has 2 aromatic rings. The van der Waals surface area contributed by atoms with Crippen LogP contribution in [0.3, 0.4) is 0 Å². The average Bonchev–Trinajstić information content (AvgIpc) is 2.71. The van der Waals surface area contributed by atoms with Crippen molar-refractivity contribution < 1.29 is 19.1 Å². The van der Waals surface area contributed by atoms with E-state index in [1.165, 1.54) is 4.90 Å². The van der Waals surface area contributed by atoms with Gasteiger partial charge in [0.15, 0.2) is 6.61 Å². The summed E-state index contributed by atoms with van der Waals surface area (Å²) in [5.74, 6) is -0.447. The number of anilines is 2. The Balaban J connectivity index is 1.56. The van der Waals surface area contributed by atoms with Crippen molar-refractivity contribution in [2.24, 2.45) is 0 Å². The Bertz CT molecular complexity index is 856. The highest BCUT2D eigenvalue weighted by atomic mass is 16.5. The third-order valence-corrected chi connectivity index (χ3v) is 4.26. The molecule has 1 aliphatic rings. The highest BCUT2D eigenvalue weighted by Crippen LogP contribution is 2.31. The summed E-state index contributed by atoms with van der Waals surface area (Å²) < 4.78 is 5.36. The fraction of sp³-hybridized carbons (Fsp3) is 0.250. The molecule has 0 aliphatic carbocycles. The monoisotopic (exact) mass is 382 g/mol. The lowest BCUT2D eigenvalue weighted by atomic mass is 10.2. The van der Waals surface area contributed by atoms with Crippen molar-refractivity contribution in [1.29, 1.82) is 0 Å². The van der Waals surface area contributed by atoms with Crippen LogP contribution in [0.5, 0.6) is 5.75 Å². The highest BCUT2D eigenvalue weighted by Gasteiger charge is 2.27. The number of hydrogen-bond acceptors (Lipinski definition) is 5. The molecule has 0 fully saturated rings. The van der Waals surface area contributed by atoms with Crippen LogP contribution in [0.1, 0.15) is 13.3 Å². The second-order valence-electron chi connectivity index (χ2n) is 6.24. The van der Waals surface area contributed by atoms with Gasteiger partial charge < -0.3 is 10.1 Å². The zero-order valence-electron chi connectivity index (χ0n) is 15.5. The second kappa shape index (κ2) is 9.01. The number of benzene rings is 2. The van der Waals surface area contributed by atoms with Crippen molar-refractivity contribution in [3.63, 3.8) is 0 Å². The van der Waals surface area contributed by atoms with Gasteiger partial charge in [-0.25, -0.2) is 5.43 Å². The first-order valence-corrected chi connectivity index (χ1v) is 9.01. The summed E-state index contributed by atoms with van der Waals surface area (Å²) >= 11 is 0. The number of para-hydroxylation sites is 3. The summed E-state index contributed by atoms with van der Waals surface area (Å²) in [5, 5.41) is 2.78. The van der Waals surface area contributed by atoms with Gasteiger partial charge in [-0.05, 0) is 30.7 Å². The van der Waals surface area contributed by atoms with Gasteiger partial charge in [0.25, 0.3) is 11.8 Å².